The van der Waals surface area contributed by atoms with Crippen molar-refractivity contribution in [1.82, 2.24) is 0 Å². The highest BCUT2D eigenvalue weighted by Crippen LogP contribution is 2.21. The van der Waals surface area contributed by atoms with Gasteiger partial charge in [0, 0.05) is 23.9 Å². The van der Waals surface area contributed by atoms with Crippen molar-refractivity contribution in [3.05, 3.63) is 69.8 Å². The van der Waals surface area contributed by atoms with Gasteiger partial charge in [0.25, 0.3) is 5.69 Å². The van der Waals surface area contributed by atoms with Gasteiger partial charge in [0.2, 0.25) is 5.91 Å². The molecule has 0 spiro atoms. The minimum atomic E-state index is -0.469. The summed E-state index contributed by atoms with van der Waals surface area (Å²) in [5.41, 5.74) is 2.16. The minimum Gasteiger partial charge on any atom is -0.494 e. The number of rotatable bonds is 7. The van der Waals surface area contributed by atoms with Gasteiger partial charge >= 0.3 is 0 Å². The Hall–Kier alpha value is -3.15. The van der Waals surface area contributed by atoms with E-state index in [1.165, 1.54) is 24.3 Å². The lowest BCUT2D eigenvalue weighted by Gasteiger charge is -2.10. The standard InChI is InChI=1S/C19H20N2O4/c1-3-11-25-17-8-9-18(14(2)12-17)20-19(22)10-7-15-5-4-6-16(13-15)21(23)24/h4-10,12-13H,3,11H2,1-2H3,(H,20,22)/b10-7+. The summed E-state index contributed by atoms with van der Waals surface area (Å²) in [4.78, 5) is 22.3. The largest absolute Gasteiger partial charge is 0.494 e. The fourth-order valence-electron chi connectivity index (χ4n) is 2.17. The van der Waals surface area contributed by atoms with Gasteiger partial charge in [-0.05, 0) is 48.7 Å². The third-order valence-electron chi connectivity index (χ3n) is 3.44. The van der Waals surface area contributed by atoms with E-state index in [-0.39, 0.29) is 11.6 Å². The summed E-state index contributed by atoms with van der Waals surface area (Å²) in [6, 6.07) is 11.6. The molecule has 0 saturated heterocycles. The van der Waals surface area contributed by atoms with Crippen LogP contribution in [0.3, 0.4) is 0 Å². The van der Waals surface area contributed by atoms with Crippen LogP contribution in [0, 0.1) is 17.0 Å². The van der Waals surface area contributed by atoms with E-state index in [1.54, 1.807) is 18.2 Å². The first-order valence-electron chi connectivity index (χ1n) is 7.96. The molecule has 0 aliphatic rings. The summed E-state index contributed by atoms with van der Waals surface area (Å²) in [6.07, 6.45) is 3.82. The molecule has 0 aliphatic carbocycles. The van der Waals surface area contributed by atoms with Crippen molar-refractivity contribution in [3.63, 3.8) is 0 Å². The monoisotopic (exact) mass is 340 g/mol. The fraction of sp³-hybridized carbons (Fsp3) is 0.211. The molecule has 25 heavy (non-hydrogen) atoms. The van der Waals surface area contributed by atoms with Crippen molar-refractivity contribution in [1.29, 1.82) is 0 Å². The maximum Gasteiger partial charge on any atom is 0.270 e. The SMILES string of the molecule is CCCOc1ccc(NC(=O)/C=C/c2cccc([N+](=O)[O-])c2)c(C)c1. The molecular formula is C19H20N2O4. The fourth-order valence-corrected chi connectivity index (χ4v) is 2.17. The summed E-state index contributed by atoms with van der Waals surface area (Å²) in [5, 5.41) is 13.5. The Kier molecular flexibility index (Phi) is 6.28. The zero-order valence-electron chi connectivity index (χ0n) is 14.2. The molecule has 1 N–H and O–H groups in total. The second-order valence-corrected chi connectivity index (χ2v) is 5.50. The first kappa shape index (κ1) is 18.2. The van der Waals surface area contributed by atoms with Crippen molar-refractivity contribution in [2.75, 3.05) is 11.9 Å². The zero-order chi connectivity index (χ0) is 18.2. The van der Waals surface area contributed by atoms with Crippen LogP contribution < -0.4 is 10.1 Å². The third-order valence-corrected chi connectivity index (χ3v) is 3.44. The molecule has 0 atom stereocenters. The average Bonchev–Trinajstić information content (AvgIpc) is 2.60. The maximum absolute atomic E-state index is 12.1. The number of nitro benzene ring substituents is 1. The minimum absolute atomic E-state index is 0.0129. The molecule has 1 amide bonds. The quantitative estimate of drug-likeness (QED) is 0.462. The first-order chi connectivity index (χ1) is 12.0. The molecule has 0 radical (unpaired) electrons. The smallest absolute Gasteiger partial charge is 0.270 e. The normalized spacial score (nSPS) is 10.6. The molecular weight excluding hydrogens is 320 g/mol. The Morgan fingerprint density at radius 1 is 1.28 bits per heavy atom. The van der Waals surface area contributed by atoms with Gasteiger partial charge in [-0.25, -0.2) is 0 Å². The molecule has 0 fully saturated rings. The Morgan fingerprint density at radius 3 is 2.76 bits per heavy atom. The highest BCUT2D eigenvalue weighted by Gasteiger charge is 2.06. The number of nitrogens with zero attached hydrogens (tertiary/aromatic N) is 1. The molecule has 0 heterocycles. The predicted molar refractivity (Wildman–Crippen MR) is 97.7 cm³/mol. The number of benzene rings is 2. The van der Waals surface area contributed by atoms with Gasteiger partial charge < -0.3 is 10.1 Å². The molecule has 0 aliphatic heterocycles. The molecule has 130 valence electrons. The summed E-state index contributed by atoms with van der Waals surface area (Å²) in [6.45, 7) is 4.57. The van der Waals surface area contributed by atoms with Crippen molar-refractivity contribution in [2.24, 2.45) is 0 Å². The van der Waals surface area contributed by atoms with Crippen LogP contribution >= 0.6 is 0 Å². The summed E-state index contributed by atoms with van der Waals surface area (Å²) < 4.78 is 5.55. The van der Waals surface area contributed by atoms with Crippen LogP contribution in [0.2, 0.25) is 0 Å². The number of anilines is 1. The third kappa shape index (κ3) is 5.46. The number of amides is 1. The van der Waals surface area contributed by atoms with Crippen LogP contribution in [0.5, 0.6) is 5.75 Å². The van der Waals surface area contributed by atoms with E-state index < -0.39 is 4.92 Å². The van der Waals surface area contributed by atoms with Crippen LogP contribution in [-0.2, 0) is 4.79 Å². The maximum atomic E-state index is 12.1. The molecule has 2 aromatic rings. The molecule has 2 rings (SSSR count). The molecule has 0 unspecified atom stereocenters. The Morgan fingerprint density at radius 2 is 2.08 bits per heavy atom. The number of ether oxygens (including phenoxy) is 1. The van der Waals surface area contributed by atoms with E-state index in [4.69, 9.17) is 4.74 Å². The van der Waals surface area contributed by atoms with Crippen molar-refractivity contribution >= 4 is 23.4 Å². The van der Waals surface area contributed by atoms with Crippen LogP contribution in [-0.4, -0.2) is 17.4 Å². The molecule has 6 heteroatoms. The van der Waals surface area contributed by atoms with Crippen molar-refractivity contribution in [3.8, 4) is 5.75 Å². The topological polar surface area (TPSA) is 81.5 Å². The Balaban J connectivity index is 2.02. The predicted octanol–water partition coefficient (Wildman–Crippen LogP) is 4.34. The van der Waals surface area contributed by atoms with E-state index in [2.05, 4.69) is 5.32 Å². The zero-order valence-corrected chi connectivity index (χ0v) is 14.2. The summed E-state index contributed by atoms with van der Waals surface area (Å²) >= 11 is 0. The number of hydrogen-bond donors (Lipinski definition) is 1. The highest BCUT2D eigenvalue weighted by molar-refractivity contribution is 6.02. The van der Waals surface area contributed by atoms with Gasteiger partial charge in [-0.3, -0.25) is 14.9 Å². The van der Waals surface area contributed by atoms with E-state index in [1.807, 2.05) is 26.0 Å². The van der Waals surface area contributed by atoms with Crippen LogP contribution in [0.15, 0.2) is 48.5 Å². The van der Waals surface area contributed by atoms with E-state index >= 15 is 0 Å². The first-order valence-corrected chi connectivity index (χ1v) is 7.96. The van der Waals surface area contributed by atoms with Gasteiger partial charge in [0.1, 0.15) is 5.75 Å². The number of non-ortho nitro benzene ring substituents is 1. The molecule has 2 aromatic carbocycles. The van der Waals surface area contributed by atoms with Crippen molar-refractivity contribution < 1.29 is 14.5 Å². The second-order valence-electron chi connectivity index (χ2n) is 5.50. The number of hydrogen-bond acceptors (Lipinski definition) is 4. The Labute approximate surface area is 146 Å². The van der Waals surface area contributed by atoms with Crippen molar-refractivity contribution in [2.45, 2.75) is 20.3 Å². The Bertz CT molecular complexity index is 800. The average molecular weight is 340 g/mol. The number of aryl methyl sites for hydroxylation is 1. The van der Waals surface area contributed by atoms with Gasteiger partial charge in [0.05, 0.1) is 11.5 Å². The number of carbonyl (C=O) groups is 1. The highest BCUT2D eigenvalue weighted by atomic mass is 16.6. The number of nitro groups is 1. The van der Waals surface area contributed by atoms with Crippen LogP contribution in [0.1, 0.15) is 24.5 Å². The molecule has 0 bridgehead atoms. The van der Waals surface area contributed by atoms with E-state index in [0.29, 0.717) is 17.9 Å². The second kappa shape index (κ2) is 8.63. The lowest BCUT2D eigenvalue weighted by atomic mass is 10.1. The van der Waals surface area contributed by atoms with Crippen LogP contribution in [0.4, 0.5) is 11.4 Å². The van der Waals surface area contributed by atoms with E-state index in [0.717, 1.165) is 17.7 Å². The van der Waals surface area contributed by atoms with E-state index in [9.17, 15) is 14.9 Å². The lowest BCUT2D eigenvalue weighted by molar-refractivity contribution is -0.384. The van der Waals surface area contributed by atoms with Gasteiger partial charge in [0.15, 0.2) is 0 Å². The summed E-state index contributed by atoms with van der Waals surface area (Å²) in [7, 11) is 0. The summed E-state index contributed by atoms with van der Waals surface area (Å²) in [5.74, 6) is 0.460. The number of nitrogens with one attached hydrogen (secondary N) is 1. The van der Waals surface area contributed by atoms with Gasteiger partial charge in [-0.2, -0.15) is 0 Å². The number of carbonyl (C=O) groups excluding carboxylic acids is 1. The molecule has 6 nitrogen and oxygen atoms in total. The van der Waals surface area contributed by atoms with Crippen LogP contribution in [0.25, 0.3) is 6.08 Å². The molecule has 0 saturated carbocycles. The lowest BCUT2D eigenvalue weighted by Crippen LogP contribution is -2.09. The molecule has 0 aromatic heterocycles. The van der Waals surface area contributed by atoms with Gasteiger partial charge in [-0.1, -0.05) is 19.1 Å². The van der Waals surface area contributed by atoms with Gasteiger partial charge in [-0.15, -0.1) is 0 Å².